The summed E-state index contributed by atoms with van der Waals surface area (Å²) in [7, 11) is 1.77. The largest absolute Gasteiger partial charge is 0.296 e. The molecule has 0 N–H and O–H groups in total. The molecule has 0 saturated heterocycles. The molecule has 0 rings (SSSR count). The Bertz CT molecular complexity index is 185. The van der Waals surface area contributed by atoms with E-state index in [0.717, 1.165) is 11.1 Å². The number of aliphatic imine (C=N–C) groups is 1. The Morgan fingerprint density at radius 3 is 2.27 bits per heavy atom. The highest BCUT2D eigenvalue weighted by Crippen LogP contribution is 2.15. The van der Waals surface area contributed by atoms with Crippen LogP contribution in [0.2, 0.25) is 0 Å². The minimum absolute atomic E-state index is 0.499. The Morgan fingerprint density at radius 1 is 1.45 bits per heavy atom. The zero-order chi connectivity index (χ0) is 8.85. The van der Waals surface area contributed by atoms with Crippen LogP contribution in [-0.2, 0) is 0 Å². The molecule has 1 heteroatoms. The molecule has 0 aromatic heterocycles. The number of nitrogens with zero attached hydrogens (tertiary/aromatic N) is 1. The molecule has 11 heavy (non-hydrogen) atoms. The van der Waals surface area contributed by atoms with Gasteiger partial charge in [0, 0.05) is 13.3 Å². The number of hydrogen-bond donors (Lipinski definition) is 0. The van der Waals surface area contributed by atoms with Crippen LogP contribution in [0.3, 0.4) is 0 Å². The molecule has 0 unspecified atom stereocenters. The molecule has 0 fully saturated rings. The van der Waals surface area contributed by atoms with E-state index in [-0.39, 0.29) is 0 Å². The molecule has 1 nitrogen and oxygen atoms in total. The lowest BCUT2D eigenvalue weighted by atomic mass is 9.98. The lowest BCUT2D eigenvalue weighted by Gasteiger charge is -2.08. The minimum atomic E-state index is 0.499. The molecule has 0 aliphatic rings. The molecular formula is C10H17N. The average Bonchev–Trinajstić information content (AvgIpc) is 1.98. The van der Waals surface area contributed by atoms with Crippen LogP contribution >= 0.6 is 0 Å². The fourth-order valence-corrected chi connectivity index (χ4v) is 0.815. The average molecular weight is 151 g/mol. The van der Waals surface area contributed by atoms with Crippen LogP contribution in [0.1, 0.15) is 20.8 Å². The Morgan fingerprint density at radius 2 is 2.00 bits per heavy atom. The summed E-state index contributed by atoms with van der Waals surface area (Å²) < 4.78 is 0. The molecular weight excluding hydrogens is 134 g/mol. The van der Waals surface area contributed by atoms with Gasteiger partial charge in [0.2, 0.25) is 0 Å². The summed E-state index contributed by atoms with van der Waals surface area (Å²) in [6.45, 7) is 10.3. The van der Waals surface area contributed by atoms with Gasteiger partial charge in [0.1, 0.15) is 0 Å². The monoisotopic (exact) mass is 151 g/mol. The first-order chi connectivity index (χ1) is 5.13. The van der Waals surface area contributed by atoms with Crippen molar-refractivity contribution in [1.82, 2.24) is 0 Å². The van der Waals surface area contributed by atoms with Gasteiger partial charge in [-0.05, 0) is 24.0 Å². The number of hydrogen-bond acceptors (Lipinski definition) is 1. The van der Waals surface area contributed by atoms with Gasteiger partial charge in [-0.3, -0.25) is 4.99 Å². The van der Waals surface area contributed by atoms with Crippen LogP contribution in [0, 0.1) is 5.92 Å². The normalized spacial score (nSPS) is 13.0. The van der Waals surface area contributed by atoms with Gasteiger partial charge in [-0.1, -0.05) is 26.5 Å². The molecule has 0 radical (unpaired) electrons. The molecule has 0 aliphatic carbocycles. The van der Waals surface area contributed by atoms with Crippen molar-refractivity contribution in [3.05, 3.63) is 23.8 Å². The van der Waals surface area contributed by atoms with Crippen molar-refractivity contribution < 1.29 is 0 Å². The first-order valence-corrected chi connectivity index (χ1v) is 3.91. The van der Waals surface area contributed by atoms with Gasteiger partial charge in [0.05, 0.1) is 0 Å². The third-order valence-electron chi connectivity index (χ3n) is 1.65. The van der Waals surface area contributed by atoms with Crippen molar-refractivity contribution in [2.75, 3.05) is 7.05 Å². The lowest BCUT2D eigenvalue weighted by Crippen LogP contribution is -1.97. The Balaban J connectivity index is 4.41. The second-order valence-electron chi connectivity index (χ2n) is 2.81. The van der Waals surface area contributed by atoms with E-state index in [1.807, 2.05) is 19.2 Å². The first kappa shape index (κ1) is 10.2. The lowest BCUT2D eigenvalue weighted by molar-refractivity contribution is 0.789. The summed E-state index contributed by atoms with van der Waals surface area (Å²) in [4.78, 5) is 3.96. The van der Waals surface area contributed by atoms with Crippen LogP contribution < -0.4 is 0 Å². The highest BCUT2D eigenvalue weighted by Gasteiger charge is 2.02. The van der Waals surface area contributed by atoms with Gasteiger partial charge < -0.3 is 0 Å². The van der Waals surface area contributed by atoms with Crippen LogP contribution in [0.5, 0.6) is 0 Å². The standard InChI is InChI=1S/C10H17N/c1-6-10(7-11-5)9(4)8(2)3/h6-8H,4H2,1-3,5H3/b10-6+,11-7?. The Labute approximate surface area is 69.5 Å². The van der Waals surface area contributed by atoms with Gasteiger partial charge in [0.25, 0.3) is 0 Å². The first-order valence-electron chi connectivity index (χ1n) is 3.91. The van der Waals surface area contributed by atoms with Crippen LogP contribution in [0.4, 0.5) is 0 Å². The molecule has 0 saturated carbocycles. The SMILES string of the molecule is C=C(/C(C=NC)=C/C)C(C)C. The Kier molecular flexibility index (Phi) is 4.51. The molecule has 0 amide bonds. The zero-order valence-electron chi connectivity index (χ0n) is 7.89. The third-order valence-corrected chi connectivity index (χ3v) is 1.65. The maximum Gasteiger partial charge on any atom is 0.0280 e. The van der Waals surface area contributed by atoms with E-state index in [1.54, 1.807) is 7.05 Å². The molecule has 0 bridgehead atoms. The van der Waals surface area contributed by atoms with Gasteiger partial charge >= 0.3 is 0 Å². The summed E-state index contributed by atoms with van der Waals surface area (Å²) in [6.07, 6.45) is 3.89. The van der Waals surface area contributed by atoms with E-state index in [9.17, 15) is 0 Å². The van der Waals surface area contributed by atoms with Gasteiger partial charge in [-0.15, -0.1) is 0 Å². The van der Waals surface area contributed by atoms with Crippen LogP contribution in [-0.4, -0.2) is 13.3 Å². The van der Waals surface area contributed by atoms with E-state index in [1.165, 1.54) is 0 Å². The molecule has 62 valence electrons. The summed E-state index contributed by atoms with van der Waals surface area (Å²) in [5.74, 6) is 0.499. The van der Waals surface area contributed by atoms with E-state index in [4.69, 9.17) is 0 Å². The van der Waals surface area contributed by atoms with Gasteiger partial charge in [-0.25, -0.2) is 0 Å². The van der Waals surface area contributed by atoms with Crippen LogP contribution in [0.25, 0.3) is 0 Å². The second-order valence-corrected chi connectivity index (χ2v) is 2.81. The smallest absolute Gasteiger partial charge is 0.0280 e. The van der Waals surface area contributed by atoms with Crippen molar-refractivity contribution in [3.8, 4) is 0 Å². The fraction of sp³-hybridized carbons (Fsp3) is 0.500. The van der Waals surface area contributed by atoms with Crippen molar-refractivity contribution >= 4 is 6.21 Å². The van der Waals surface area contributed by atoms with Gasteiger partial charge in [-0.2, -0.15) is 0 Å². The number of allylic oxidation sites excluding steroid dienone is 3. The zero-order valence-corrected chi connectivity index (χ0v) is 7.89. The van der Waals surface area contributed by atoms with Crippen LogP contribution in [0.15, 0.2) is 28.8 Å². The van der Waals surface area contributed by atoms with E-state index < -0.39 is 0 Å². The summed E-state index contributed by atoms with van der Waals surface area (Å²) >= 11 is 0. The van der Waals surface area contributed by atoms with E-state index >= 15 is 0 Å². The Hall–Kier alpha value is -0.850. The third kappa shape index (κ3) is 3.17. The molecule has 0 heterocycles. The summed E-state index contributed by atoms with van der Waals surface area (Å²) in [5.41, 5.74) is 2.29. The van der Waals surface area contributed by atoms with Crippen molar-refractivity contribution in [3.63, 3.8) is 0 Å². The predicted octanol–water partition coefficient (Wildman–Crippen LogP) is 2.85. The van der Waals surface area contributed by atoms with Crippen molar-refractivity contribution in [2.24, 2.45) is 10.9 Å². The fourth-order valence-electron chi connectivity index (χ4n) is 0.815. The van der Waals surface area contributed by atoms with Crippen molar-refractivity contribution in [2.45, 2.75) is 20.8 Å². The minimum Gasteiger partial charge on any atom is -0.296 e. The molecule has 0 aliphatic heterocycles. The quantitative estimate of drug-likeness (QED) is 0.434. The van der Waals surface area contributed by atoms with Crippen molar-refractivity contribution in [1.29, 1.82) is 0 Å². The van der Waals surface area contributed by atoms with E-state index in [2.05, 4.69) is 25.4 Å². The molecule has 0 atom stereocenters. The van der Waals surface area contributed by atoms with Gasteiger partial charge in [0.15, 0.2) is 0 Å². The summed E-state index contributed by atoms with van der Waals surface area (Å²) in [6, 6.07) is 0. The molecule has 0 aromatic carbocycles. The topological polar surface area (TPSA) is 12.4 Å². The summed E-state index contributed by atoms with van der Waals surface area (Å²) in [5, 5.41) is 0. The molecule has 0 spiro atoms. The highest BCUT2D eigenvalue weighted by molar-refractivity contribution is 5.84. The predicted molar refractivity (Wildman–Crippen MR) is 52.2 cm³/mol. The number of rotatable bonds is 3. The highest BCUT2D eigenvalue weighted by atomic mass is 14.6. The maximum atomic E-state index is 3.98. The van der Waals surface area contributed by atoms with E-state index in [0.29, 0.717) is 5.92 Å². The second kappa shape index (κ2) is 4.89. The maximum absolute atomic E-state index is 3.98. The molecule has 0 aromatic rings.